The van der Waals surface area contributed by atoms with E-state index in [1.54, 1.807) is 12.1 Å². The molecule has 7 nitrogen and oxygen atoms in total. The second-order valence-corrected chi connectivity index (χ2v) is 6.89. The first-order valence-electron chi connectivity index (χ1n) is 8.60. The molecule has 1 N–H and O–H groups in total. The quantitative estimate of drug-likeness (QED) is 0.629. The Balaban J connectivity index is 1.95. The number of carbonyl (C=O) groups excluding carboxylic acids is 1. The number of carbonyl (C=O) groups is 1. The zero-order valence-electron chi connectivity index (χ0n) is 14.9. The van der Waals surface area contributed by atoms with Gasteiger partial charge in [0.25, 0.3) is 5.91 Å². The molecule has 0 spiro atoms. The van der Waals surface area contributed by atoms with Gasteiger partial charge in [-0.15, -0.1) is 0 Å². The molecule has 1 aromatic carbocycles. The first-order chi connectivity index (χ1) is 11.9. The van der Waals surface area contributed by atoms with Gasteiger partial charge in [0.15, 0.2) is 12.4 Å². The Morgan fingerprint density at radius 1 is 1.40 bits per heavy atom. The molecule has 0 unspecified atom stereocenters. The van der Waals surface area contributed by atoms with Crippen LogP contribution in [0, 0.1) is 27.9 Å². The maximum atomic E-state index is 12.0. The highest BCUT2D eigenvalue weighted by molar-refractivity contribution is 5.89. The number of rotatable bonds is 6. The van der Waals surface area contributed by atoms with Crippen LogP contribution in [0.3, 0.4) is 0 Å². The zero-order chi connectivity index (χ0) is 18.4. The van der Waals surface area contributed by atoms with E-state index in [1.165, 1.54) is 18.6 Å². The van der Waals surface area contributed by atoms with Crippen LogP contribution in [0.5, 0.6) is 5.75 Å². The fourth-order valence-electron chi connectivity index (χ4n) is 3.13. The van der Waals surface area contributed by atoms with Crippen molar-refractivity contribution in [1.82, 2.24) is 5.43 Å². The predicted octanol–water partition coefficient (Wildman–Crippen LogP) is 3.54. The van der Waals surface area contributed by atoms with E-state index in [1.807, 2.05) is 0 Å². The Bertz CT molecular complexity index is 657. The monoisotopic (exact) mass is 347 g/mol. The summed E-state index contributed by atoms with van der Waals surface area (Å²) in [4.78, 5) is 22.4. The minimum Gasteiger partial charge on any atom is -0.477 e. The van der Waals surface area contributed by atoms with Crippen molar-refractivity contribution >= 4 is 17.3 Å². The lowest BCUT2D eigenvalue weighted by Crippen LogP contribution is -2.32. The van der Waals surface area contributed by atoms with Crippen molar-refractivity contribution in [1.29, 1.82) is 0 Å². The molecule has 2 rings (SSSR count). The number of hydrazone groups is 1. The molecule has 0 radical (unpaired) electrons. The van der Waals surface area contributed by atoms with Crippen LogP contribution in [-0.4, -0.2) is 23.1 Å². The number of nitro benzene ring substituents is 1. The number of amides is 1. The summed E-state index contributed by atoms with van der Waals surface area (Å²) in [5.74, 6) is 1.07. The van der Waals surface area contributed by atoms with Crippen LogP contribution in [0.15, 0.2) is 29.4 Å². The van der Waals surface area contributed by atoms with Crippen molar-refractivity contribution in [3.8, 4) is 5.75 Å². The summed E-state index contributed by atoms with van der Waals surface area (Å²) in [5, 5.41) is 15.2. The molecule has 1 aromatic rings. The molecular formula is C18H25N3O4. The van der Waals surface area contributed by atoms with Crippen LogP contribution >= 0.6 is 0 Å². The maximum Gasteiger partial charge on any atom is 0.310 e. The van der Waals surface area contributed by atoms with Crippen LogP contribution in [0.4, 0.5) is 5.69 Å². The van der Waals surface area contributed by atoms with Crippen molar-refractivity contribution in [2.24, 2.45) is 22.9 Å². The van der Waals surface area contributed by atoms with Gasteiger partial charge in [0.2, 0.25) is 0 Å². The van der Waals surface area contributed by atoms with Gasteiger partial charge in [-0.05, 0) is 37.2 Å². The average Bonchev–Trinajstić information content (AvgIpc) is 2.58. The van der Waals surface area contributed by atoms with E-state index in [4.69, 9.17) is 4.74 Å². The summed E-state index contributed by atoms with van der Waals surface area (Å²) in [7, 11) is 0. The molecule has 1 amide bonds. The Labute approximate surface area is 147 Å². The Kier molecular flexibility index (Phi) is 6.50. The molecule has 0 bridgehead atoms. The fraction of sp³-hybridized carbons (Fsp3) is 0.556. The molecule has 1 aliphatic rings. The van der Waals surface area contributed by atoms with Crippen LogP contribution in [0.2, 0.25) is 0 Å². The Hall–Kier alpha value is -2.44. The summed E-state index contributed by atoms with van der Waals surface area (Å²) in [6.45, 7) is 6.19. The van der Waals surface area contributed by atoms with Crippen molar-refractivity contribution in [3.05, 3.63) is 34.4 Å². The molecule has 0 aromatic heterocycles. The molecule has 25 heavy (non-hydrogen) atoms. The Morgan fingerprint density at radius 3 is 2.80 bits per heavy atom. The van der Waals surface area contributed by atoms with E-state index in [0.29, 0.717) is 17.8 Å². The third kappa shape index (κ3) is 5.27. The minimum atomic E-state index is -0.538. The largest absolute Gasteiger partial charge is 0.477 e. The third-order valence-corrected chi connectivity index (χ3v) is 4.51. The topological polar surface area (TPSA) is 93.8 Å². The van der Waals surface area contributed by atoms with Gasteiger partial charge in [0, 0.05) is 17.7 Å². The van der Waals surface area contributed by atoms with Crippen LogP contribution in [0.25, 0.3) is 0 Å². The fourth-order valence-corrected chi connectivity index (χ4v) is 3.13. The van der Waals surface area contributed by atoms with Crippen molar-refractivity contribution in [2.75, 3.05) is 6.61 Å². The molecule has 2 atom stereocenters. The van der Waals surface area contributed by atoms with Gasteiger partial charge in [-0.25, -0.2) is 5.43 Å². The molecule has 1 fully saturated rings. The molecule has 1 saturated carbocycles. The molecular weight excluding hydrogens is 322 g/mol. The number of ether oxygens (including phenoxy) is 1. The summed E-state index contributed by atoms with van der Waals surface area (Å²) < 4.78 is 5.27. The number of nitrogens with zero attached hydrogens (tertiary/aromatic N) is 2. The highest BCUT2D eigenvalue weighted by Gasteiger charge is 2.27. The lowest BCUT2D eigenvalue weighted by molar-refractivity contribution is -0.385. The SMILES string of the molecule is CC(C)[C@H]1CC[C@H](C)C/C1=N/NC(=O)COc1ccccc1[N+](=O)[O-]. The zero-order valence-corrected chi connectivity index (χ0v) is 14.9. The highest BCUT2D eigenvalue weighted by atomic mass is 16.6. The van der Waals surface area contributed by atoms with E-state index in [0.717, 1.165) is 18.6 Å². The minimum absolute atomic E-state index is 0.0710. The number of nitrogens with one attached hydrogen (secondary N) is 1. The smallest absolute Gasteiger partial charge is 0.310 e. The third-order valence-electron chi connectivity index (χ3n) is 4.51. The highest BCUT2D eigenvalue weighted by Crippen LogP contribution is 2.31. The molecule has 0 saturated heterocycles. The van der Waals surface area contributed by atoms with Crippen LogP contribution in [0.1, 0.15) is 40.0 Å². The summed E-state index contributed by atoms with van der Waals surface area (Å²) in [6.07, 6.45) is 3.14. The number of para-hydroxylation sites is 2. The average molecular weight is 347 g/mol. The van der Waals surface area contributed by atoms with Gasteiger partial charge in [-0.1, -0.05) is 32.9 Å². The lowest BCUT2D eigenvalue weighted by atomic mass is 9.76. The Morgan fingerprint density at radius 2 is 2.12 bits per heavy atom. The normalized spacial score (nSPS) is 22.0. The van der Waals surface area contributed by atoms with E-state index in [-0.39, 0.29) is 18.0 Å². The van der Waals surface area contributed by atoms with Crippen molar-refractivity contribution in [2.45, 2.75) is 40.0 Å². The van der Waals surface area contributed by atoms with Gasteiger partial charge < -0.3 is 4.74 Å². The van der Waals surface area contributed by atoms with Crippen molar-refractivity contribution in [3.63, 3.8) is 0 Å². The predicted molar refractivity (Wildman–Crippen MR) is 95.5 cm³/mol. The van der Waals surface area contributed by atoms with Gasteiger partial charge in [-0.3, -0.25) is 14.9 Å². The van der Waals surface area contributed by atoms with Crippen LogP contribution in [-0.2, 0) is 4.79 Å². The maximum absolute atomic E-state index is 12.0. The standard InChI is InChI=1S/C18H25N3O4/c1-12(2)14-9-8-13(3)10-15(14)19-20-18(22)11-25-17-7-5-4-6-16(17)21(23)24/h4-7,12-14H,8-11H2,1-3H3,(H,20,22)/b19-15-/t13-,14+/m0/s1. The first kappa shape index (κ1) is 18.9. The number of hydrogen-bond acceptors (Lipinski definition) is 5. The summed E-state index contributed by atoms with van der Waals surface area (Å²) in [6, 6.07) is 5.98. The van der Waals surface area contributed by atoms with Gasteiger partial charge in [-0.2, -0.15) is 5.10 Å². The van der Waals surface area contributed by atoms with E-state index in [2.05, 4.69) is 31.3 Å². The van der Waals surface area contributed by atoms with E-state index < -0.39 is 10.8 Å². The number of benzene rings is 1. The summed E-state index contributed by atoms with van der Waals surface area (Å²) >= 11 is 0. The molecule has 7 heteroatoms. The lowest BCUT2D eigenvalue weighted by Gasteiger charge is -2.30. The van der Waals surface area contributed by atoms with E-state index >= 15 is 0 Å². The van der Waals surface area contributed by atoms with Gasteiger partial charge >= 0.3 is 5.69 Å². The molecule has 0 aliphatic heterocycles. The summed E-state index contributed by atoms with van der Waals surface area (Å²) in [5.41, 5.74) is 3.39. The number of hydrogen-bond donors (Lipinski definition) is 1. The number of nitro groups is 1. The van der Waals surface area contributed by atoms with Gasteiger partial charge in [0.05, 0.1) is 4.92 Å². The van der Waals surface area contributed by atoms with Crippen LogP contribution < -0.4 is 10.2 Å². The molecule has 1 aliphatic carbocycles. The molecule has 136 valence electrons. The van der Waals surface area contributed by atoms with E-state index in [9.17, 15) is 14.9 Å². The van der Waals surface area contributed by atoms with Crippen molar-refractivity contribution < 1.29 is 14.5 Å². The molecule has 0 heterocycles. The van der Waals surface area contributed by atoms with Gasteiger partial charge in [0.1, 0.15) is 0 Å². The first-order valence-corrected chi connectivity index (χ1v) is 8.60. The second-order valence-electron chi connectivity index (χ2n) is 6.89. The second kappa shape index (κ2) is 8.60.